The van der Waals surface area contributed by atoms with Crippen molar-refractivity contribution in [2.45, 2.75) is 5.88 Å². The van der Waals surface area contributed by atoms with Gasteiger partial charge in [0.05, 0.1) is 0 Å². The first-order valence-corrected chi connectivity index (χ1v) is 6.19. The molecule has 0 aliphatic carbocycles. The maximum Gasteiger partial charge on any atom is 0.351 e. The molecule has 0 radical (unpaired) electrons. The van der Waals surface area contributed by atoms with E-state index in [4.69, 9.17) is 26.5 Å². The van der Waals surface area contributed by atoms with Crippen LogP contribution in [0.4, 0.5) is 0 Å². The molecule has 0 atom stereocenters. The zero-order valence-electron chi connectivity index (χ0n) is 10.0. The lowest BCUT2D eigenvalue weighted by molar-refractivity contribution is 0.0512. The van der Waals surface area contributed by atoms with Crippen LogP contribution in [-0.2, 0) is 10.6 Å². The maximum absolute atomic E-state index is 11.7. The van der Waals surface area contributed by atoms with E-state index in [1.807, 2.05) is 0 Å². The van der Waals surface area contributed by atoms with Crippen molar-refractivity contribution >= 4 is 28.5 Å². The molecule has 0 amide bonds. The number of carbonyl (C=O) groups is 1. The van der Waals surface area contributed by atoms with Crippen LogP contribution in [0, 0.1) is 0 Å². The Bertz CT molecular complexity index is 665. The number of benzene rings is 1. The molecule has 0 aliphatic heterocycles. The van der Waals surface area contributed by atoms with Gasteiger partial charge in [-0.15, -0.1) is 11.6 Å². The molecule has 2 aromatic rings. The molecule has 0 bridgehead atoms. The van der Waals surface area contributed by atoms with Gasteiger partial charge in [-0.2, -0.15) is 0 Å². The van der Waals surface area contributed by atoms with Crippen molar-refractivity contribution in [3.05, 3.63) is 45.8 Å². The summed E-state index contributed by atoms with van der Waals surface area (Å²) in [6, 6.07) is 6.59. The standard InChI is InChI=1S/C13H12ClNO4/c14-7-8-1-2-11-9(5-8)6-10(13(17)19-11)12(16)18-4-3-15/h1-2,5-6H,3-4,7,15H2. The number of nitrogens with two attached hydrogens (primary N) is 1. The average molecular weight is 282 g/mol. The Balaban J connectivity index is 2.47. The summed E-state index contributed by atoms with van der Waals surface area (Å²) < 4.78 is 9.88. The second kappa shape index (κ2) is 5.86. The fraction of sp³-hybridized carbons (Fsp3) is 0.231. The van der Waals surface area contributed by atoms with E-state index in [0.717, 1.165) is 5.56 Å². The van der Waals surface area contributed by atoms with Crippen molar-refractivity contribution in [3.8, 4) is 0 Å². The summed E-state index contributed by atoms with van der Waals surface area (Å²) in [6.07, 6.45) is 0. The van der Waals surface area contributed by atoms with Crippen LogP contribution < -0.4 is 11.4 Å². The third-order valence-electron chi connectivity index (χ3n) is 2.52. The maximum atomic E-state index is 11.7. The van der Waals surface area contributed by atoms with E-state index < -0.39 is 11.6 Å². The molecule has 6 heteroatoms. The molecule has 1 heterocycles. The van der Waals surface area contributed by atoms with E-state index in [2.05, 4.69) is 0 Å². The van der Waals surface area contributed by atoms with Crippen molar-refractivity contribution in [1.29, 1.82) is 0 Å². The molecular formula is C13H12ClNO4. The highest BCUT2D eigenvalue weighted by Gasteiger charge is 2.15. The molecule has 19 heavy (non-hydrogen) atoms. The largest absolute Gasteiger partial charge is 0.461 e. The topological polar surface area (TPSA) is 82.5 Å². The molecule has 0 unspecified atom stereocenters. The van der Waals surface area contributed by atoms with Gasteiger partial charge in [-0.3, -0.25) is 0 Å². The summed E-state index contributed by atoms with van der Waals surface area (Å²) in [7, 11) is 0. The third kappa shape index (κ3) is 2.94. The summed E-state index contributed by atoms with van der Waals surface area (Å²) in [5.74, 6) is -0.403. The van der Waals surface area contributed by atoms with Crippen molar-refractivity contribution in [2.24, 2.45) is 5.73 Å². The summed E-state index contributed by atoms with van der Waals surface area (Å²) >= 11 is 5.73. The van der Waals surface area contributed by atoms with Gasteiger partial charge >= 0.3 is 11.6 Å². The van der Waals surface area contributed by atoms with Gasteiger partial charge in [0.2, 0.25) is 0 Å². The number of ether oxygens (including phenoxy) is 1. The zero-order chi connectivity index (χ0) is 13.8. The molecule has 2 N–H and O–H groups in total. The number of fused-ring (bicyclic) bond motifs is 1. The van der Waals surface area contributed by atoms with Crippen molar-refractivity contribution in [1.82, 2.24) is 0 Å². The van der Waals surface area contributed by atoms with Crippen LogP contribution >= 0.6 is 11.6 Å². The lowest BCUT2D eigenvalue weighted by atomic mass is 10.1. The van der Waals surface area contributed by atoms with Gasteiger partial charge < -0.3 is 14.9 Å². The lowest BCUT2D eigenvalue weighted by Crippen LogP contribution is -2.19. The molecule has 0 spiro atoms. The quantitative estimate of drug-likeness (QED) is 0.523. The average Bonchev–Trinajstić information content (AvgIpc) is 2.43. The number of alkyl halides is 1. The van der Waals surface area contributed by atoms with Crippen LogP contribution in [0.3, 0.4) is 0 Å². The zero-order valence-corrected chi connectivity index (χ0v) is 10.8. The molecule has 100 valence electrons. The van der Waals surface area contributed by atoms with Crippen LogP contribution in [0.2, 0.25) is 0 Å². The molecule has 0 saturated carbocycles. The summed E-state index contributed by atoms with van der Waals surface area (Å²) in [4.78, 5) is 23.3. The molecule has 5 nitrogen and oxygen atoms in total. The Kier molecular flexibility index (Phi) is 4.19. The van der Waals surface area contributed by atoms with Gasteiger partial charge in [-0.1, -0.05) is 6.07 Å². The summed E-state index contributed by atoms with van der Waals surface area (Å²) in [6.45, 7) is 0.249. The number of esters is 1. The van der Waals surface area contributed by atoms with Crippen molar-refractivity contribution < 1.29 is 13.9 Å². The van der Waals surface area contributed by atoms with E-state index in [1.54, 1.807) is 18.2 Å². The molecule has 0 fully saturated rings. The Morgan fingerprint density at radius 1 is 1.37 bits per heavy atom. The number of carbonyl (C=O) groups excluding carboxylic acids is 1. The van der Waals surface area contributed by atoms with Gasteiger partial charge in [-0.05, 0) is 23.8 Å². The second-order valence-electron chi connectivity index (χ2n) is 3.88. The minimum Gasteiger partial charge on any atom is -0.461 e. The highest BCUT2D eigenvalue weighted by atomic mass is 35.5. The first-order valence-electron chi connectivity index (χ1n) is 5.65. The number of hydrogen-bond acceptors (Lipinski definition) is 5. The predicted octanol–water partition coefficient (Wildman–Crippen LogP) is 1.65. The van der Waals surface area contributed by atoms with Crippen molar-refractivity contribution in [3.63, 3.8) is 0 Å². The van der Waals surface area contributed by atoms with Crippen LogP contribution in [0.15, 0.2) is 33.5 Å². The number of rotatable bonds is 4. The monoisotopic (exact) mass is 281 g/mol. The SMILES string of the molecule is NCCOC(=O)c1cc2cc(CCl)ccc2oc1=O. The minimum atomic E-state index is -0.739. The summed E-state index contributed by atoms with van der Waals surface area (Å²) in [5.41, 5.74) is 5.62. The fourth-order valence-corrected chi connectivity index (χ4v) is 1.79. The Hall–Kier alpha value is -1.85. The highest BCUT2D eigenvalue weighted by molar-refractivity contribution is 6.17. The van der Waals surface area contributed by atoms with Gasteiger partial charge in [-0.25, -0.2) is 9.59 Å². The molecule has 0 saturated heterocycles. The third-order valence-corrected chi connectivity index (χ3v) is 2.83. The van der Waals surface area contributed by atoms with E-state index in [9.17, 15) is 9.59 Å². The summed E-state index contributed by atoms with van der Waals surface area (Å²) in [5, 5.41) is 0.623. The fourth-order valence-electron chi connectivity index (χ4n) is 1.63. The van der Waals surface area contributed by atoms with Crippen LogP contribution in [0.5, 0.6) is 0 Å². The van der Waals surface area contributed by atoms with Crippen LogP contribution in [0.1, 0.15) is 15.9 Å². The van der Waals surface area contributed by atoms with E-state index in [0.29, 0.717) is 16.8 Å². The van der Waals surface area contributed by atoms with E-state index in [1.165, 1.54) is 6.07 Å². The van der Waals surface area contributed by atoms with Gasteiger partial charge in [0, 0.05) is 17.8 Å². The Morgan fingerprint density at radius 3 is 2.84 bits per heavy atom. The lowest BCUT2D eigenvalue weighted by Gasteiger charge is -2.04. The smallest absolute Gasteiger partial charge is 0.351 e. The van der Waals surface area contributed by atoms with Crippen LogP contribution in [0.25, 0.3) is 11.0 Å². The van der Waals surface area contributed by atoms with Crippen molar-refractivity contribution in [2.75, 3.05) is 13.2 Å². The first-order chi connectivity index (χ1) is 9.15. The Labute approximate surface area is 113 Å². The minimum absolute atomic E-state index is 0.0536. The van der Waals surface area contributed by atoms with E-state index in [-0.39, 0.29) is 18.7 Å². The molecular weight excluding hydrogens is 270 g/mol. The van der Waals surface area contributed by atoms with Crippen LogP contribution in [-0.4, -0.2) is 19.1 Å². The van der Waals surface area contributed by atoms with Gasteiger partial charge in [0.15, 0.2) is 0 Å². The molecule has 1 aromatic heterocycles. The van der Waals surface area contributed by atoms with Gasteiger partial charge in [0.1, 0.15) is 17.8 Å². The molecule has 0 aliphatic rings. The van der Waals surface area contributed by atoms with E-state index >= 15 is 0 Å². The predicted molar refractivity (Wildman–Crippen MR) is 71.4 cm³/mol. The molecule has 2 rings (SSSR count). The normalized spacial score (nSPS) is 10.6. The first kappa shape index (κ1) is 13.6. The number of halogens is 1. The second-order valence-corrected chi connectivity index (χ2v) is 4.15. The highest BCUT2D eigenvalue weighted by Crippen LogP contribution is 2.17. The number of hydrogen-bond donors (Lipinski definition) is 1. The van der Waals surface area contributed by atoms with Gasteiger partial charge in [0.25, 0.3) is 0 Å². The molecule has 1 aromatic carbocycles. The Morgan fingerprint density at radius 2 is 2.16 bits per heavy atom.